The van der Waals surface area contributed by atoms with Crippen LogP contribution in [0.15, 0.2) is 42.5 Å². The predicted octanol–water partition coefficient (Wildman–Crippen LogP) is 4.33. The van der Waals surface area contributed by atoms with Crippen LogP contribution in [0.4, 0.5) is 0 Å². The van der Waals surface area contributed by atoms with Gasteiger partial charge in [0.2, 0.25) is 0 Å². The molecule has 0 spiro atoms. The Labute approximate surface area is 147 Å². The molecule has 5 heteroatoms. The fraction of sp³-hybridized carbons (Fsp3) is 0.316. The fourth-order valence-electron chi connectivity index (χ4n) is 2.49. The lowest BCUT2D eigenvalue weighted by atomic mass is 10.0. The molecular weight excluding hydrogens is 324 g/mol. The second kappa shape index (κ2) is 8.64. The second-order valence-electron chi connectivity index (χ2n) is 5.06. The van der Waals surface area contributed by atoms with E-state index in [0.29, 0.717) is 5.56 Å². The maximum atomic E-state index is 11.6. The highest BCUT2D eigenvalue weighted by molar-refractivity contribution is 7.99. The van der Waals surface area contributed by atoms with Gasteiger partial charge in [-0.25, -0.2) is 4.79 Å². The largest absolute Gasteiger partial charge is 0.497 e. The number of carbonyl (C=O) groups is 1. The van der Waals surface area contributed by atoms with Crippen LogP contribution >= 0.6 is 11.8 Å². The van der Waals surface area contributed by atoms with E-state index in [-0.39, 0.29) is 11.2 Å². The van der Waals surface area contributed by atoms with Crippen LogP contribution < -0.4 is 9.47 Å². The zero-order valence-electron chi connectivity index (χ0n) is 14.4. The third kappa shape index (κ3) is 4.03. The first kappa shape index (κ1) is 18.2. The molecule has 0 aliphatic rings. The first-order chi connectivity index (χ1) is 11.6. The molecule has 0 bridgehead atoms. The normalized spacial score (nSPS) is 11.7. The molecule has 128 valence electrons. The van der Waals surface area contributed by atoms with Gasteiger partial charge >= 0.3 is 5.97 Å². The Morgan fingerprint density at radius 1 is 1.04 bits per heavy atom. The average Bonchev–Trinajstić information content (AvgIpc) is 2.65. The molecule has 1 unspecified atom stereocenters. The van der Waals surface area contributed by atoms with E-state index in [4.69, 9.17) is 14.2 Å². The number of thioether (sulfide) groups is 1. The maximum Gasteiger partial charge on any atom is 0.337 e. The van der Waals surface area contributed by atoms with Gasteiger partial charge in [-0.3, -0.25) is 0 Å². The van der Waals surface area contributed by atoms with E-state index in [1.165, 1.54) is 7.11 Å². The van der Waals surface area contributed by atoms with Crippen LogP contribution in [-0.2, 0) is 4.74 Å². The van der Waals surface area contributed by atoms with Gasteiger partial charge in [0.05, 0.1) is 32.1 Å². The Kier molecular flexibility index (Phi) is 6.55. The highest BCUT2D eigenvalue weighted by Gasteiger charge is 2.20. The van der Waals surface area contributed by atoms with Gasteiger partial charge in [-0.15, -0.1) is 11.8 Å². The number of benzene rings is 2. The summed E-state index contributed by atoms with van der Waals surface area (Å²) in [6.07, 6.45) is 0. The van der Waals surface area contributed by atoms with E-state index in [2.05, 4.69) is 6.92 Å². The van der Waals surface area contributed by atoms with Gasteiger partial charge in [-0.2, -0.15) is 0 Å². The highest BCUT2D eigenvalue weighted by atomic mass is 32.2. The molecule has 4 nitrogen and oxygen atoms in total. The summed E-state index contributed by atoms with van der Waals surface area (Å²) < 4.78 is 15.6. The molecule has 0 amide bonds. The van der Waals surface area contributed by atoms with Crippen molar-refractivity contribution in [2.24, 2.45) is 0 Å². The highest BCUT2D eigenvalue weighted by Crippen LogP contribution is 2.41. The van der Waals surface area contributed by atoms with Gasteiger partial charge in [0, 0.05) is 5.56 Å². The number of ether oxygens (including phenoxy) is 3. The van der Waals surface area contributed by atoms with Gasteiger partial charge < -0.3 is 14.2 Å². The Morgan fingerprint density at radius 3 is 2.29 bits per heavy atom. The molecule has 0 aliphatic carbocycles. The molecule has 0 aliphatic heterocycles. The lowest BCUT2D eigenvalue weighted by Gasteiger charge is -2.20. The van der Waals surface area contributed by atoms with Crippen LogP contribution in [0.3, 0.4) is 0 Å². The van der Waals surface area contributed by atoms with Gasteiger partial charge in [0.1, 0.15) is 11.5 Å². The first-order valence-corrected chi connectivity index (χ1v) is 8.71. The standard InChI is InChI=1S/C19H22O4S/c1-5-24-18(13-6-8-14(9-7-13)19(20)23-4)16-12-15(21-2)10-11-17(16)22-3/h6-12,18H,5H2,1-4H3. The lowest BCUT2D eigenvalue weighted by Crippen LogP contribution is -2.04. The van der Waals surface area contributed by atoms with Crippen molar-refractivity contribution in [1.29, 1.82) is 0 Å². The van der Waals surface area contributed by atoms with Crippen LogP contribution in [-0.4, -0.2) is 33.1 Å². The third-order valence-corrected chi connectivity index (χ3v) is 4.88. The van der Waals surface area contributed by atoms with Crippen molar-refractivity contribution >= 4 is 17.7 Å². The summed E-state index contributed by atoms with van der Waals surface area (Å²) in [5.74, 6) is 2.22. The topological polar surface area (TPSA) is 44.8 Å². The van der Waals surface area contributed by atoms with Crippen LogP contribution in [0.25, 0.3) is 0 Å². The van der Waals surface area contributed by atoms with Crippen LogP contribution in [0.2, 0.25) is 0 Å². The van der Waals surface area contributed by atoms with Crippen molar-refractivity contribution < 1.29 is 19.0 Å². The minimum atomic E-state index is -0.333. The molecule has 0 saturated heterocycles. The molecule has 2 rings (SSSR count). The Balaban J connectivity index is 2.44. The first-order valence-electron chi connectivity index (χ1n) is 7.66. The van der Waals surface area contributed by atoms with E-state index >= 15 is 0 Å². The zero-order chi connectivity index (χ0) is 17.5. The molecule has 2 aromatic rings. The Morgan fingerprint density at radius 2 is 1.75 bits per heavy atom. The molecule has 2 aromatic carbocycles. The van der Waals surface area contributed by atoms with Crippen LogP contribution in [0.5, 0.6) is 11.5 Å². The van der Waals surface area contributed by atoms with Crippen LogP contribution in [0, 0.1) is 0 Å². The second-order valence-corrected chi connectivity index (χ2v) is 6.44. The van der Waals surface area contributed by atoms with Crippen LogP contribution in [0.1, 0.15) is 33.7 Å². The average molecular weight is 346 g/mol. The van der Waals surface area contributed by atoms with Crippen molar-refractivity contribution in [3.8, 4) is 11.5 Å². The molecule has 24 heavy (non-hydrogen) atoms. The SMILES string of the molecule is CCSC(c1ccc(C(=O)OC)cc1)c1cc(OC)ccc1OC. The Hall–Kier alpha value is -2.14. The third-order valence-electron chi connectivity index (χ3n) is 3.69. The van der Waals surface area contributed by atoms with Gasteiger partial charge in [0.15, 0.2) is 0 Å². The molecule has 0 aromatic heterocycles. The number of carbonyl (C=O) groups excluding carboxylic acids is 1. The monoisotopic (exact) mass is 346 g/mol. The minimum absolute atomic E-state index is 0.0896. The van der Waals surface area contributed by atoms with Crippen molar-refractivity contribution in [2.75, 3.05) is 27.1 Å². The summed E-state index contributed by atoms with van der Waals surface area (Å²) in [5.41, 5.74) is 2.69. The molecular formula is C19H22O4S. The molecule has 0 radical (unpaired) electrons. The fourth-order valence-corrected chi connectivity index (χ4v) is 3.54. The van der Waals surface area contributed by atoms with Crippen molar-refractivity contribution in [3.05, 3.63) is 59.2 Å². The van der Waals surface area contributed by atoms with Crippen molar-refractivity contribution in [2.45, 2.75) is 12.2 Å². The Bertz CT molecular complexity index is 682. The lowest BCUT2D eigenvalue weighted by molar-refractivity contribution is 0.0600. The van der Waals surface area contributed by atoms with E-state index in [1.54, 1.807) is 38.1 Å². The molecule has 0 N–H and O–H groups in total. The minimum Gasteiger partial charge on any atom is -0.497 e. The van der Waals surface area contributed by atoms with Gasteiger partial charge in [-0.1, -0.05) is 19.1 Å². The number of hydrogen-bond donors (Lipinski definition) is 0. The van der Waals surface area contributed by atoms with E-state index in [1.807, 2.05) is 30.3 Å². The number of esters is 1. The van der Waals surface area contributed by atoms with Gasteiger partial charge in [-0.05, 0) is 41.6 Å². The number of rotatable bonds is 7. The summed E-state index contributed by atoms with van der Waals surface area (Å²) in [5, 5.41) is 0.0896. The summed E-state index contributed by atoms with van der Waals surface area (Å²) in [6.45, 7) is 2.12. The molecule has 0 fully saturated rings. The smallest absolute Gasteiger partial charge is 0.337 e. The summed E-state index contributed by atoms with van der Waals surface area (Å²) in [7, 11) is 4.70. The van der Waals surface area contributed by atoms with Crippen molar-refractivity contribution in [3.63, 3.8) is 0 Å². The maximum absolute atomic E-state index is 11.6. The number of hydrogen-bond acceptors (Lipinski definition) is 5. The molecule has 0 heterocycles. The quantitative estimate of drug-likeness (QED) is 0.698. The summed E-state index contributed by atoms with van der Waals surface area (Å²) in [6, 6.07) is 13.3. The molecule has 0 saturated carbocycles. The van der Waals surface area contributed by atoms with Gasteiger partial charge in [0.25, 0.3) is 0 Å². The van der Waals surface area contributed by atoms with E-state index < -0.39 is 0 Å². The van der Waals surface area contributed by atoms with E-state index in [0.717, 1.165) is 28.4 Å². The summed E-state index contributed by atoms with van der Waals surface area (Å²) in [4.78, 5) is 11.6. The zero-order valence-corrected chi connectivity index (χ0v) is 15.2. The summed E-state index contributed by atoms with van der Waals surface area (Å²) >= 11 is 1.80. The number of methoxy groups -OCH3 is 3. The van der Waals surface area contributed by atoms with Crippen molar-refractivity contribution in [1.82, 2.24) is 0 Å². The van der Waals surface area contributed by atoms with E-state index in [9.17, 15) is 4.79 Å². The predicted molar refractivity (Wildman–Crippen MR) is 97.3 cm³/mol. The molecule has 1 atom stereocenters.